The average Bonchev–Trinajstić information content (AvgIpc) is 3.30. The van der Waals surface area contributed by atoms with Gasteiger partial charge in [-0.2, -0.15) is 0 Å². The predicted octanol–water partition coefficient (Wildman–Crippen LogP) is 4.71. The van der Waals surface area contributed by atoms with E-state index in [4.69, 9.17) is 4.74 Å². The molecule has 0 bridgehead atoms. The third-order valence-corrected chi connectivity index (χ3v) is 6.14. The molecule has 6 heteroatoms. The Morgan fingerprint density at radius 3 is 2.21 bits per heavy atom. The summed E-state index contributed by atoms with van der Waals surface area (Å²) in [6.45, 7) is 0.545. The van der Waals surface area contributed by atoms with E-state index in [1.807, 2.05) is 73.1 Å². The number of fused-ring (bicyclic) bond motifs is 1. The number of ether oxygens (including phenoxy) is 1. The molecule has 5 aromatic rings. The minimum atomic E-state index is -0.119. The maximum atomic E-state index is 13.0. The van der Waals surface area contributed by atoms with Crippen LogP contribution in [-0.2, 0) is 25.4 Å². The van der Waals surface area contributed by atoms with E-state index in [-0.39, 0.29) is 11.1 Å². The predicted molar refractivity (Wildman–Crippen MR) is 136 cm³/mol. The molecule has 5 rings (SSSR count). The number of nitrogens with one attached hydrogen (secondary N) is 1. The van der Waals surface area contributed by atoms with Crippen molar-refractivity contribution < 1.29 is 4.74 Å². The lowest BCUT2D eigenvalue weighted by atomic mass is 9.95. The second kappa shape index (κ2) is 8.65. The van der Waals surface area contributed by atoms with Gasteiger partial charge in [0.15, 0.2) is 0 Å². The Kier molecular flexibility index (Phi) is 5.51. The number of pyridine rings is 2. The van der Waals surface area contributed by atoms with E-state index >= 15 is 0 Å². The monoisotopic (exact) mass is 451 g/mol. The van der Waals surface area contributed by atoms with E-state index in [0.29, 0.717) is 12.1 Å². The summed E-state index contributed by atoms with van der Waals surface area (Å²) in [6.07, 6.45) is 3.66. The van der Waals surface area contributed by atoms with E-state index in [9.17, 15) is 9.59 Å². The van der Waals surface area contributed by atoms with Crippen molar-refractivity contribution >= 4 is 10.9 Å². The van der Waals surface area contributed by atoms with Gasteiger partial charge in [-0.05, 0) is 28.3 Å². The van der Waals surface area contributed by atoms with Gasteiger partial charge in [0.25, 0.3) is 11.1 Å². The van der Waals surface area contributed by atoms with E-state index in [1.165, 1.54) is 0 Å². The number of methoxy groups -OCH3 is 1. The number of aromatic nitrogens is 3. The van der Waals surface area contributed by atoms with Crippen molar-refractivity contribution in [3.8, 4) is 33.5 Å². The highest BCUT2D eigenvalue weighted by molar-refractivity contribution is 6.00. The van der Waals surface area contributed by atoms with Crippen LogP contribution in [0.2, 0.25) is 0 Å². The van der Waals surface area contributed by atoms with Gasteiger partial charge in [-0.25, -0.2) is 0 Å². The number of hydrogen-bond acceptors (Lipinski definition) is 3. The van der Waals surface area contributed by atoms with Gasteiger partial charge in [0.1, 0.15) is 5.52 Å². The number of aryl methyl sites for hydroxylation is 2. The number of benzene rings is 2. The van der Waals surface area contributed by atoms with Crippen molar-refractivity contribution in [2.45, 2.75) is 6.61 Å². The summed E-state index contributed by atoms with van der Waals surface area (Å²) in [5.74, 6) is 0. The molecule has 0 aliphatic rings. The maximum Gasteiger partial charge on any atom is 0.274 e. The van der Waals surface area contributed by atoms with Crippen LogP contribution in [0.25, 0.3) is 44.4 Å². The molecule has 2 aromatic carbocycles. The fourth-order valence-electron chi connectivity index (χ4n) is 4.35. The average molecular weight is 452 g/mol. The molecule has 170 valence electrons. The number of hydrogen-bond donors (Lipinski definition) is 1. The molecule has 0 unspecified atom stereocenters. The minimum absolute atomic E-state index is 0.110. The first-order valence-electron chi connectivity index (χ1n) is 11.0. The molecule has 0 atom stereocenters. The van der Waals surface area contributed by atoms with Gasteiger partial charge in [0.2, 0.25) is 0 Å². The fourth-order valence-corrected chi connectivity index (χ4v) is 4.35. The normalized spacial score (nSPS) is 11.3. The molecule has 0 radical (unpaired) electrons. The highest BCUT2D eigenvalue weighted by Gasteiger charge is 2.17. The second-order valence-corrected chi connectivity index (χ2v) is 8.48. The van der Waals surface area contributed by atoms with Crippen LogP contribution in [0.3, 0.4) is 0 Å². The van der Waals surface area contributed by atoms with E-state index in [1.54, 1.807) is 36.4 Å². The Labute approximate surface area is 196 Å². The van der Waals surface area contributed by atoms with Crippen LogP contribution in [0, 0.1) is 0 Å². The lowest BCUT2D eigenvalue weighted by Crippen LogP contribution is -2.18. The number of rotatable bonds is 5. The minimum Gasteiger partial charge on any atom is -0.380 e. The number of nitrogens with zero attached hydrogens (tertiary/aromatic N) is 2. The summed E-state index contributed by atoms with van der Waals surface area (Å²) in [5.41, 5.74) is 6.71. The Balaban J connectivity index is 1.76. The Morgan fingerprint density at radius 1 is 0.794 bits per heavy atom. The largest absolute Gasteiger partial charge is 0.380 e. The van der Waals surface area contributed by atoms with Crippen LogP contribution in [0.5, 0.6) is 0 Å². The Morgan fingerprint density at radius 2 is 1.50 bits per heavy atom. The molecule has 0 amide bonds. The first-order valence-corrected chi connectivity index (χ1v) is 11.0. The first-order chi connectivity index (χ1) is 16.5. The molecule has 6 nitrogen and oxygen atoms in total. The van der Waals surface area contributed by atoms with Crippen LogP contribution in [0.4, 0.5) is 0 Å². The molecule has 3 aromatic heterocycles. The van der Waals surface area contributed by atoms with Crippen molar-refractivity contribution in [2.75, 3.05) is 7.11 Å². The van der Waals surface area contributed by atoms with Gasteiger partial charge in [-0.15, -0.1) is 0 Å². The van der Waals surface area contributed by atoms with Crippen LogP contribution in [-0.4, -0.2) is 21.2 Å². The van der Waals surface area contributed by atoms with Crippen molar-refractivity contribution in [1.82, 2.24) is 14.1 Å². The second-order valence-electron chi connectivity index (χ2n) is 8.48. The standard InChI is InChI=1S/C28H25N3O3/c1-30-15-23(19-7-5-4-6-8-19)21(14-26(30)32)24-16-31(2)28(33)27-22(24)13-25(29-27)20-11-9-18(10-12-20)17-34-3/h4-16,29H,17H2,1-3H3. The van der Waals surface area contributed by atoms with Crippen LogP contribution < -0.4 is 11.1 Å². The molecule has 0 saturated heterocycles. The summed E-state index contributed by atoms with van der Waals surface area (Å²) in [5, 5.41) is 0.782. The van der Waals surface area contributed by atoms with E-state index < -0.39 is 0 Å². The third-order valence-electron chi connectivity index (χ3n) is 6.14. The highest BCUT2D eigenvalue weighted by atomic mass is 16.5. The maximum absolute atomic E-state index is 13.0. The smallest absolute Gasteiger partial charge is 0.274 e. The number of aromatic amines is 1. The first kappa shape index (κ1) is 21.7. The lowest BCUT2D eigenvalue weighted by Gasteiger charge is -2.14. The summed E-state index contributed by atoms with van der Waals surface area (Å²) in [7, 11) is 5.15. The summed E-state index contributed by atoms with van der Waals surface area (Å²) < 4.78 is 8.34. The summed E-state index contributed by atoms with van der Waals surface area (Å²) in [4.78, 5) is 29.0. The summed E-state index contributed by atoms with van der Waals surface area (Å²) >= 11 is 0. The Bertz CT molecular complexity index is 1610. The highest BCUT2D eigenvalue weighted by Crippen LogP contribution is 2.36. The lowest BCUT2D eigenvalue weighted by molar-refractivity contribution is 0.185. The van der Waals surface area contributed by atoms with Gasteiger partial charge in [0.05, 0.1) is 6.61 Å². The molecule has 34 heavy (non-hydrogen) atoms. The fraction of sp³-hybridized carbons (Fsp3) is 0.143. The van der Waals surface area contributed by atoms with Gasteiger partial charge in [-0.3, -0.25) is 9.59 Å². The molecule has 1 N–H and O–H groups in total. The van der Waals surface area contributed by atoms with Crippen molar-refractivity contribution in [3.63, 3.8) is 0 Å². The molecule has 0 aliphatic heterocycles. The number of H-pyrrole nitrogens is 1. The quantitative estimate of drug-likeness (QED) is 0.421. The van der Waals surface area contributed by atoms with Gasteiger partial charge < -0.3 is 18.9 Å². The SMILES string of the molecule is COCc1ccc(-c2cc3c(-c4cc(=O)n(C)cc4-c4ccccc4)cn(C)c(=O)c3[nH]2)cc1. The topological polar surface area (TPSA) is 69.0 Å². The molecule has 0 fully saturated rings. The molecular formula is C28H25N3O3. The molecular weight excluding hydrogens is 426 g/mol. The van der Waals surface area contributed by atoms with E-state index in [0.717, 1.165) is 44.5 Å². The van der Waals surface area contributed by atoms with Crippen molar-refractivity contribution in [2.24, 2.45) is 14.1 Å². The van der Waals surface area contributed by atoms with Gasteiger partial charge in [-0.1, -0.05) is 54.6 Å². The third kappa shape index (κ3) is 3.78. The van der Waals surface area contributed by atoms with E-state index in [2.05, 4.69) is 4.98 Å². The van der Waals surface area contributed by atoms with Crippen molar-refractivity contribution in [1.29, 1.82) is 0 Å². The van der Waals surface area contributed by atoms with Crippen LogP contribution in [0.1, 0.15) is 5.56 Å². The van der Waals surface area contributed by atoms with Gasteiger partial charge >= 0.3 is 0 Å². The van der Waals surface area contributed by atoms with Gasteiger partial charge in [0, 0.05) is 61.9 Å². The zero-order chi connectivity index (χ0) is 23.8. The Hall–Kier alpha value is -4.16. The molecule has 3 heterocycles. The zero-order valence-corrected chi connectivity index (χ0v) is 19.3. The molecule has 0 aliphatic carbocycles. The van der Waals surface area contributed by atoms with Crippen LogP contribution >= 0.6 is 0 Å². The molecule has 0 saturated carbocycles. The molecule has 0 spiro atoms. The van der Waals surface area contributed by atoms with Crippen molar-refractivity contribution in [3.05, 3.63) is 105 Å². The summed E-state index contributed by atoms with van der Waals surface area (Å²) in [6, 6.07) is 21.6. The van der Waals surface area contributed by atoms with Crippen LogP contribution in [0.15, 0.2) is 88.7 Å². The zero-order valence-electron chi connectivity index (χ0n) is 19.3.